The number of imide groups is 1. The number of nitrogens with one attached hydrogen (secondary N) is 3. The second-order valence-corrected chi connectivity index (χ2v) is 19.7. The maximum absolute atomic E-state index is 14.6. The summed E-state index contributed by atoms with van der Waals surface area (Å²) in [5.41, 5.74) is 3.55. The van der Waals surface area contributed by atoms with Crippen molar-refractivity contribution in [3.63, 3.8) is 0 Å². The Morgan fingerprint density at radius 1 is 0.756 bits per heavy atom. The van der Waals surface area contributed by atoms with Crippen molar-refractivity contribution in [1.82, 2.24) is 20.4 Å². The van der Waals surface area contributed by atoms with E-state index in [-0.39, 0.29) is 31.3 Å². The fourth-order valence-corrected chi connectivity index (χ4v) is 10.6. The predicted octanol–water partition coefficient (Wildman–Crippen LogP) is 7.72. The van der Waals surface area contributed by atoms with E-state index in [2.05, 4.69) is 16.0 Å². The molecule has 3 heterocycles. The van der Waals surface area contributed by atoms with Gasteiger partial charge in [0.15, 0.2) is 35.8 Å². The van der Waals surface area contributed by atoms with Gasteiger partial charge in [-0.25, -0.2) is 4.79 Å². The smallest absolute Gasteiger partial charge is 0.329 e. The highest BCUT2D eigenvalue weighted by molar-refractivity contribution is 6.08. The molecule has 78 heavy (non-hydrogen) atoms. The van der Waals surface area contributed by atoms with E-state index in [0.29, 0.717) is 108 Å². The van der Waals surface area contributed by atoms with Gasteiger partial charge in [-0.2, -0.15) is 0 Å². The molecule has 0 bridgehead atoms. The maximum atomic E-state index is 14.6. The minimum Gasteiger partial charge on any atom is -0.493 e. The Balaban J connectivity index is 0.913. The number of methoxy groups -OCH3 is 5. The van der Waals surface area contributed by atoms with Crippen molar-refractivity contribution >= 4 is 41.2 Å². The summed E-state index contributed by atoms with van der Waals surface area (Å²) < 4.78 is 40.5. The van der Waals surface area contributed by atoms with Gasteiger partial charge in [0.2, 0.25) is 23.5 Å². The molecule has 2 fully saturated rings. The summed E-state index contributed by atoms with van der Waals surface area (Å²) in [7, 11) is 7.72. The van der Waals surface area contributed by atoms with Crippen LogP contribution >= 0.6 is 0 Å². The number of benzene rings is 4. The third-order valence-electron chi connectivity index (χ3n) is 14.8. The second-order valence-electron chi connectivity index (χ2n) is 19.7. The monoisotopic (exact) mass is 1080 g/mol. The number of aryl methyl sites for hydroxylation is 1. The lowest BCUT2D eigenvalue weighted by atomic mass is 9.91. The van der Waals surface area contributed by atoms with E-state index in [0.717, 1.165) is 61.8 Å². The van der Waals surface area contributed by atoms with E-state index < -0.39 is 54.0 Å². The Labute approximate surface area is 456 Å². The lowest BCUT2D eigenvalue weighted by Crippen LogP contribution is -2.53. The van der Waals surface area contributed by atoms with Crippen molar-refractivity contribution in [2.75, 3.05) is 67.1 Å². The number of carbonyl (C=O) groups is 6. The summed E-state index contributed by atoms with van der Waals surface area (Å²) in [6.45, 7) is 3.14. The van der Waals surface area contributed by atoms with Crippen molar-refractivity contribution in [2.24, 2.45) is 0 Å². The van der Waals surface area contributed by atoms with E-state index in [1.807, 2.05) is 37.3 Å². The number of nitrogens with zero attached hydrogens (tertiary/aromatic N) is 2. The molecule has 4 aromatic rings. The highest BCUT2D eigenvalue weighted by Crippen LogP contribution is 2.43. The predicted molar refractivity (Wildman–Crippen MR) is 290 cm³/mol. The van der Waals surface area contributed by atoms with Crippen molar-refractivity contribution in [1.29, 1.82) is 0 Å². The third kappa shape index (κ3) is 13.9. The quantitative estimate of drug-likeness (QED) is 0.0242. The molecule has 3 aliphatic rings. The molecule has 5 atom stereocenters. The lowest BCUT2D eigenvalue weighted by molar-refractivity contribution is -0.162. The van der Waals surface area contributed by atoms with Crippen LogP contribution in [0, 0.1) is 0 Å². The van der Waals surface area contributed by atoms with E-state index >= 15 is 0 Å². The number of esters is 1. The van der Waals surface area contributed by atoms with Gasteiger partial charge in [-0.15, -0.1) is 0 Å². The Hall–Kier alpha value is -7.54. The Morgan fingerprint density at radius 3 is 2.15 bits per heavy atom. The van der Waals surface area contributed by atoms with Crippen LogP contribution in [0.1, 0.15) is 141 Å². The Morgan fingerprint density at radius 2 is 1.46 bits per heavy atom. The van der Waals surface area contributed by atoms with Crippen molar-refractivity contribution in [2.45, 2.75) is 127 Å². The number of likely N-dealkylation sites (tertiary alicyclic amines) is 1. The molecule has 19 nitrogen and oxygen atoms in total. The zero-order chi connectivity index (χ0) is 55.7. The molecule has 0 aromatic heterocycles. The number of aliphatic hydroxyl groups is 1. The maximum Gasteiger partial charge on any atom is 0.329 e. The summed E-state index contributed by atoms with van der Waals surface area (Å²) in [6, 6.07) is 19.9. The molecule has 5 amide bonds. The highest BCUT2D eigenvalue weighted by Gasteiger charge is 2.45. The van der Waals surface area contributed by atoms with Crippen LogP contribution in [0.4, 0.5) is 5.69 Å². The summed E-state index contributed by atoms with van der Waals surface area (Å²) in [6.07, 6.45) is 6.77. The van der Waals surface area contributed by atoms with E-state index in [4.69, 9.17) is 33.2 Å². The number of anilines is 1. The van der Waals surface area contributed by atoms with Gasteiger partial charge in [-0.3, -0.25) is 34.2 Å². The molecule has 7 rings (SSSR count). The molecule has 19 heteroatoms. The van der Waals surface area contributed by atoms with Gasteiger partial charge in [0.1, 0.15) is 23.9 Å². The normalized spacial score (nSPS) is 17.8. The van der Waals surface area contributed by atoms with Crippen LogP contribution < -0.4 is 44.4 Å². The number of unbranched alkanes of at least 4 members (excludes halogenated alkanes) is 5. The molecule has 0 saturated carbocycles. The molecule has 2 saturated heterocycles. The number of para-hydroxylation sites is 1. The molecule has 3 aliphatic heterocycles. The van der Waals surface area contributed by atoms with Crippen LogP contribution in [0.2, 0.25) is 0 Å². The molecule has 4 aromatic carbocycles. The number of hydrogen-bond donors (Lipinski definition) is 4. The van der Waals surface area contributed by atoms with E-state index in [1.165, 1.54) is 21.3 Å². The Kier molecular flexibility index (Phi) is 21.0. The molecular weight excluding hydrogens is 1000 g/mol. The summed E-state index contributed by atoms with van der Waals surface area (Å²) in [4.78, 5) is 82.8. The van der Waals surface area contributed by atoms with Gasteiger partial charge in [-0.05, 0) is 105 Å². The lowest BCUT2D eigenvalue weighted by Gasteiger charge is -2.37. The average Bonchev–Trinajstić information content (AvgIpc) is 3.77. The number of rotatable bonds is 28. The standard InChI is InChI=1S/C59H75N5O14/c1-7-39(38-34-49(74-4)54(76-6)50(35-38)75-5)56(68)63-32-17-14-22-44(63)59(71)78-46(27-24-37-25-28-47(72-2)48(33-37)73-3)40-19-12-13-23-45(40)77-36-52(66)61-31-16-11-9-8-10-15-30-60-42-21-18-20-41-53(42)58(70)64(57(41)69)43-26-29-51(65)62-55(43)67/h12-13,18-21,23,25,28,33-35,39,43-44,46,57,60,69H,7-11,14-17,22,24,26-27,29-32,36H2,1-6H3,(H,61,66)(H,62,65,67)/t39-,43?,44-,46+,57?/m0/s1. The van der Waals surface area contributed by atoms with E-state index in [9.17, 15) is 33.9 Å². The fourth-order valence-electron chi connectivity index (χ4n) is 10.6. The number of fused-ring (bicyclic) bond motifs is 1. The zero-order valence-corrected chi connectivity index (χ0v) is 45.7. The highest BCUT2D eigenvalue weighted by atomic mass is 16.6. The average molecular weight is 1080 g/mol. The number of piperidine rings is 2. The van der Waals surface area contributed by atoms with E-state index in [1.54, 1.807) is 61.6 Å². The number of carbonyl (C=O) groups excluding carboxylic acids is 6. The molecule has 0 radical (unpaired) electrons. The van der Waals surface area contributed by atoms with Gasteiger partial charge in [0.25, 0.3) is 11.8 Å². The minimum absolute atomic E-state index is 0.0965. The first-order valence-corrected chi connectivity index (χ1v) is 27.1. The van der Waals surface area contributed by atoms with Gasteiger partial charge in [-0.1, -0.05) is 69.0 Å². The van der Waals surface area contributed by atoms with Crippen LogP contribution in [0.3, 0.4) is 0 Å². The van der Waals surface area contributed by atoms with Crippen LogP contribution in [-0.2, 0) is 35.1 Å². The minimum atomic E-state index is -1.28. The summed E-state index contributed by atoms with van der Waals surface area (Å²) in [5.74, 6) is -0.226. The van der Waals surface area contributed by atoms with Crippen molar-refractivity contribution in [3.8, 4) is 34.5 Å². The largest absolute Gasteiger partial charge is 0.493 e. The van der Waals surface area contributed by atoms with Crippen LogP contribution in [0.5, 0.6) is 34.5 Å². The molecule has 2 unspecified atom stereocenters. The molecule has 420 valence electrons. The first-order chi connectivity index (χ1) is 37.8. The van der Waals surface area contributed by atoms with Crippen LogP contribution in [-0.4, -0.2) is 124 Å². The fraction of sp³-hybridized carbons (Fsp3) is 0.492. The first kappa shape index (κ1) is 58.1. The number of ether oxygens (including phenoxy) is 7. The van der Waals surface area contributed by atoms with Crippen LogP contribution in [0.25, 0.3) is 0 Å². The van der Waals surface area contributed by atoms with Crippen molar-refractivity contribution in [3.05, 3.63) is 101 Å². The van der Waals surface area contributed by atoms with Gasteiger partial charge < -0.3 is 53.8 Å². The Bertz CT molecular complexity index is 2730. The topological polar surface area (TPSA) is 230 Å². The molecule has 0 aliphatic carbocycles. The molecule has 0 spiro atoms. The number of hydrogen-bond acceptors (Lipinski definition) is 15. The number of aliphatic hydroxyl groups excluding tert-OH is 1. The number of amides is 5. The van der Waals surface area contributed by atoms with Gasteiger partial charge in [0, 0.05) is 42.9 Å². The van der Waals surface area contributed by atoms with Gasteiger partial charge in [0.05, 0.1) is 47.0 Å². The van der Waals surface area contributed by atoms with Crippen molar-refractivity contribution < 1.29 is 67.0 Å². The molecule has 4 N–H and O–H groups in total. The second kappa shape index (κ2) is 28.2. The SMILES string of the molecule is CC[C@H](C(=O)N1CCCC[C@H]1C(=O)O[C@H](CCc1ccc(OC)c(OC)c1)c1ccccc1OCC(=O)NCCCCCCCCNc1cccc2c1C(=O)N(C1CCC(=O)NC1=O)C2O)c1cc(OC)c(OC)c(OC)c1. The van der Waals surface area contributed by atoms with Crippen LogP contribution in [0.15, 0.2) is 72.8 Å². The first-order valence-electron chi connectivity index (χ1n) is 27.1. The molecular formula is C59H75N5O14. The van der Waals surface area contributed by atoms with Gasteiger partial charge >= 0.3 is 5.97 Å². The zero-order valence-electron chi connectivity index (χ0n) is 45.7. The summed E-state index contributed by atoms with van der Waals surface area (Å²) >= 11 is 0. The third-order valence-corrected chi connectivity index (χ3v) is 14.8. The summed E-state index contributed by atoms with van der Waals surface area (Å²) in [5, 5.41) is 19.6.